The summed E-state index contributed by atoms with van der Waals surface area (Å²) in [6.07, 6.45) is 1.47. The number of rotatable bonds is 5. The van der Waals surface area contributed by atoms with E-state index in [-0.39, 0.29) is 29.5 Å². The zero-order valence-electron chi connectivity index (χ0n) is 10.8. The van der Waals surface area contributed by atoms with Gasteiger partial charge in [-0.05, 0) is 37.1 Å². The number of carbonyl (C=O) groups excluding carboxylic acids is 2. The predicted octanol–water partition coefficient (Wildman–Crippen LogP) is 1.93. The molecule has 1 saturated carbocycles. The van der Waals surface area contributed by atoms with Crippen molar-refractivity contribution in [3.05, 3.63) is 30.1 Å². The van der Waals surface area contributed by atoms with Crippen LogP contribution in [0.4, 0.5) is 10.1 Å². The lowest BCUT2D eigenvalue weighted by Gasteiger charge is -2.05. The normalized spacial score (nSPS) is 20.7. The number of hydrogen-bond donors (Lipinski definition) is 2. The van der Waals surface area contributed by atoms with Gasteiger partial charge in [-0.25, -0.2) is 4.39 Å². The lowest BCUT2D eigenvalue weighted by atomic mass is 10.2. The minimum absolute atomic E-state index is 0.0545. The second-order valence-electron chi connectivity index (χ2n) is 4.74. The second-order valence-corrected chi connectivity index (χ2v) is 4.74. The Balaban J connectivity index is 1.82. The molecule has 0 aromatic heterocycles. The molecule has 0 saturated heterocycles. The fourth-order valence-corrected chi connectivity index (χ4v) is 1.92. The van der Waals surface area contributed by atoms with Crippen LogP contribution < -0.4 is 10.6 Å². The van der Waals surface area contributed by atoms with E-state index in [2.05, 4.69) is 10.6 Å². The van der Waals surface area contributed by atoms with Crippen LogP contribution >= 0.6 is 0 Å². The average molecular weight is 264 g/mol. The van der Waals surface area contributed by atoms with Gasteiger partial charge in [0.1, 0.15) is 5.82 Å². The average Bonchev–Trinajstić information content (AvgIpc) is 3.19. The minimum Gasteiger partial charge on any atom is -0.356 e. The Morgan fingerprint density at radius 3 is 2.47 bits per heavy atom. The van der Waals surface area contributed by atoms with E-state index in [1.54, 1.807) is 0 Å². The smallest absolute Gasteiger partial charge is 0.228 e. The molecule has 2 rings (SSSR count). The first-order valence-corrected chi connectivity index (χ1v) is 6.46. The Hall–Kier alpha value is -1.91. The topological polar surface area (TPSA) is 58.2 Å². The summed E-state index contributed by atoms with van der Waals surface area (Å²) >= 11 is 0. The Morgan fingerprint density at radius 1 is 1.21 bits per heavy atom. The molecule has 5 heteroatoms. The van der Waals surface area contributed by atoms with E-state index in [0.717, 1.165) is 6.42 Å². The maximum atomic E-state index is 12.7. The molecule has 0 spiro atoms. The Labute approximate surface area is 111 Å². The zero-order chi connectivity index (χ0) is 13.8. The summed E-state index contributed by atoms with van der Waals surface area (Å²) in [6, 6.07) is 5.57. The van der Waals surface area contributed by atoms with Crippen molar-refractivity contribution < 1.29 is 14.0 Å². The number of hydrogen-bond acceptors (Lipinski definition) is 2. The molecule has 1 aliphatic carbocycles. The van der Waals surface area contributed by atoms with Crippen LogP contribution in [0.15, 0.2) is 24.3 Å². The molecular weight excluding hydrogens is 247 g/mol. The lowest BCUT2D eigenvalue weighted by molar-refractivity contribution is -0.125. The van der Waals surface area contributed by atoms with Crippen molar-refractivity contribution in [2.45, 2.75) is 19.8 Å². The van der Waals surface area contributed by atoms with E-state index in [4.69, 9.17) is 0 Å². The van der Waals surface area contributed by atoms with Gasteiger partial charge in [-0.3, -0.25) is 9.59 Å². The highest BCUT2D eigenvalue weighted by atomic mass is 19.1. The van der Waals surface area contributed by atoms with E-state index in [9.17, 15) is 14.0 Å². The van der Waals surface area contributed by atoms with Gasteiger partial charge < -0.3 is 10.6 Å². The third-order valence-electron chi connectivity index (χ3n) is 3.12. The van der Waals surface area contributed by atoms with Gasteiger partial charge in [-0.1, -0.05) is 6.92 Å². The van der Waals surface area contributed by atoms with Crippen LogP contribution in [-0.2, 0) is 9.59 Å². The van der Waals surface area contributed by atoms with Crippen LogP contribution in [0.25, 0.3) is 0 Å². The highest BCUT2D eigenvalue weighted by molar-refractivity contribution is 5.99. The minimum atomic E-state index is -0.346. The Kier molecular flexibility index (Phi) is 4.14. The summed E-state index contributed by atoms with van der Waals surface area (Å²) in [7, 11) is 0. The molecule has 0 heterocycles. The molecule has 2 atom stereocenters. The molecule has 102 valence electrons. The molecule has 1 fully saturated rings. The third-order valence-corrected chi connectivity index (χ3v) is 3.12. The summed E-state index contributed by atoms with van der Waals surface area (Å²) in [6.45, 7) is 2.62. The first-order valence-electron chi connectivity index (χ1n) is 6.46. The molecule has 1 aromatic rings. The number of carbonyl (C=O) groups is 2. The van der Waals surface area contributed by atoms with Crippen LogP contribution in [-0.4, -0.2) is 18.4 Å². The summed E-state index contributed by atoms with van der Waals surface area (Å²) in [5.41, 5.74) is 0.547. The molecule has 2 amide bonds. The number of benzene rings is 1. The third kappa shape index (κ3) is 3.53. The van der Waals surface area contributed by atoms with Gasteiger partial charge in [0.15, 0.2) is 0 Å². The zero-order valence-corrected chi connectivity index (χ0v) is 10.8. The van der Waals surface area contributed by atoms with Gasteiger partial charge in [0.2, 0.25) is 11.8 Å². The molecule has 2 unspecified atom stereocenters. The predicted molar refractivity (Wildman–Crippen MR) is 69.9 cm³/mol. The van der Waals surface area contributed by atoms with Crippen molar-refractivity contribution in [3.8, 4) is 0 Å². The van der Waals surface area contributed by atoms with Crippen molar-refractivity contribution in [2.75, 3.05) is 11.9 Å². The first-order chi connectivity index (χ1) is 9.11. The van der Waals surface area contributed by atoms with Crippen molar-refractivity contribution in [2.24, 2.45) is 11.8 Å². The van der Waals surface area contributed by atoms with E-state index in [1.165, 1.54) is 24.3 Å². The van der Waals surface area contributed by atoms with Crippen molar-refractivity contribution in [1.29, 1.82) is 0 Å². The molecule has 19 heavy (non-hydrogen) atoms. The summed E-state index contributed by atoms with van der Waals surface area (Å²) in [4.78, 5) is 23.5. The molecule has 0 bridgehead atoms. The lowest BCUT2D eigenvalue weighted by Crippen LogP contribution is -2.27. The molecule has 2 N–H and O–H groups in total. The van der Waals surface area contributed by atoms with Crippen molar-refractivity contribution in [1.82, 2.24) is 5.32 Å². The summed E-state index contributed by atoms with van der Waals surface area (Å²) in [5, 5.41) is 5.47. The molecule has 0 radical (unpaired) electrons. The van der Waals surface area contributed by atoms with E-state index < -0.39 is 0 Å². The highest BCUT2D eigenvalue weighted by Crippen LogP contribution is 2.39. The largest absolute Gasteiger partial charge is 0.356 e. The monoisotopic (exact) mass is 264 g/mol. The van der Waals surface area contributed by atoms with Crippen molar-refractivity contribution in [3.63, 3.8) is 0 Å². The molecule has 1 aromatic carbocycles. The standard InChI is InChI=1S/C14H17FN2O2/c1-2-7-16-13(18)11-8-12(11)14(19)17-10-5-3-9(15)4-6-10/h3-6,11-12H,2,7-8H2,1H3,(H,16,18)(H,17,19). The van der Waals surface area contributed by atoms with Crippen LogP contribution in [0.2, 0.25) is 0 Å². The quantitative estimate of drug-likeness (QED) is 0.853. The summed E-state index contributed by atoms with van der Waals surface area (Å²) < 4.78 is 12.7. The first kappa shape index (κ1) is 13.5. The van der Waals surface area contributed by atoms with Gasteiger partial charge in [0.05, 0.1) is 11.8 Å². The Morgan fingerprint density at radius 2 is 1.84 bits per heavy atom. The van der Waals surface area contributed by atoms with Crippen LogP contribution in [0.1, 0.15) is 19.8 Å². The number of halogens is 1. The van der Waals surface area contributed by atoms with Gasteiger partial charge in [0.25, 0.3) is 0 Å². The second kappa shape index (κ2) is 5.82. The SMILES string of the molecule is CCCNC(=O)C1CC1C(=O)Nc1ccc(F)cc1. The van der Waals surface area contributed by atoms with E-state index in [1.807, 2.05) is 6.92 Å². The number of anilines is 1. The van der Waals surface area contributed by atoms with E-state index >= 15 is 0 Å². The molecule has 1 aliphatic rings. The van der Waals surface area contributed by atoms with Crippen molar-refractivity contribution >= 4 is 17.5 Å². The Bertz CT molecular complexity index is 473. The summed E-state index contributed by atoms with van der Waals surface area (Å²) in [5.74, 6) is -1.06. The van der Waals surface area contributed by atoms with Gasteiger partial charge in [-0.15, -0.1) is 0 Å². The molecule has 4 nitrogen and oxygen atoms in total. The van der Waals surface area contributed by atoms with Gasteiger partial charge >= 0.3 is 0 Å². The number of amides is 2. The fraction of sp³-hybridized carbons (Fsp3) is 0.429. The maximum absolute atomic E-state index is 12.7. The van der Waals surface area contributed by atoms with Crippen LogP contribution in [0.3, 0.4) is 0 Å². The van der Waals surface area contributed by atoms with E-state index in [0.29, 0.717) is 18.7 Å². The van der Waals surface area contributed by atoms with Gasteiger partial charge in [-0.2, -0.15) is 0 Å². The van der Waals surface area contributed by atoms with Crippen LogP contribution in [0, 0.1) is 17.7 Å². The van der Waals surface area contributed by atoms with Crippen LogP contribution in [0.5, 0.6) is 0 Å². The highest BCUT2D eigenvalue weighted by Gasteiger charge is 2.47. The number of nitrogens with one attached hydrogen (secondary N) is 2. The molecular formula is C14H17FN2O2. The van der Waals surface area contributed by atoms with Gasteiger partial charge in [0, 0.05) is 12.2 Å². The fourth-order valence-electron chi connectivity index (χ4n) is 1.92. The maximum Gasteiger partial charge on any atom is 0.228 e. The molecule has 0 aliphatic heterocycles.